The number of hydrogen-bond acceptors (Lipinski definition) is 4. The Hall–Kier alpha value is -1.90. The van der Waals surface area contributed by atoms with Crippen molar-refractivity contribution in [1.82, 2.24) is 19.2 Å². The second-order valence-electron chi connectivity index (χ2n) is 6.13. The van der Waals surface area contributed by atoms with Crippen LogP contribution in [0.5, 0.6) is 0 Å². The van der Waals surface area contributed by atoms with E-state index in [1.165, 1.54) is 10.4 Å². The molecular weight excluding hydrogens is 376 g/mol. The van der Waals surface area contributed by atoms with Gasteiger partial charge in [-0.3, -0.25) is 4.79 Å². The highest BCUT2D eigenvalue weighted by atomic mass is 35.5. The van der Waals surface area contributed by atoms with Gasteiger partial charge in [-0.25, -0.2) is 13.4 Å². The van der Waals surface area contributed by atoms with Crippen molar-refractivity contribution in [2.24, 2.45) is 7.05 Å². The lowest BCUT2D eigenvalue weighted by atomic mass is 10.2. The summed E-state index contributed by atoms with van der Waals surface area (Å²) in [5, 5.41) is 3.02. The topological polar surface area (TPSA) is 84.3 Å². The maximum Gasteiger partial charge on any atom is 0.244 e. The predicted molar refractivity (Wildman–Crippen MR) is 98.1 cm³/mol. The number of rotatable bonds is 5. The lowest BCUT2D eigenvalue weighted by Gasteiger charge is -2.26. The van der Waals surface area contributed by atoms with Gasteiger partial charge in [0.15, 0.2) is 0 Å². The van der Waals surface area contributed by atoms with Crippen molar-refractivity contribution >= 4 is 27.5 Å². The van der Waals surface area contributed by atoms with Crippen molar-refractivity contribution in [2.45, 2.75) is 37.8 Å². The lowest BCUT2D eigenvalue weighted by molar-refractivity contribution is -0.120. The smallest absolute Gasteiger partial charge is 0.244 e. The molecule has 0 fully saturated rings. The van der Waals surface area contributed by atoms with Gasteiger partial charge in [-0.2, -0.15) is 4.31 Å². The second-order valence-corrected chi connectivity index (χ2v) is 8.44. The van der Waals surface area contributed by atoms with Crippen molar-refractivity contribution in [3.05, 3.63) is 46.5 Å². The Morgan fingerprint density at radius 1 is 1.35 bits per heavy atom. The first kappa shape index (κ1) is 18.9. The van der Waals surface area contributed by atoms with E-state index in [1.54, 1.807) is 25.1 Å². The van der Waals surface area contributed by atoms with Crippen LogP contribution in [0.4, 0.5) is 0 Å². The number of carbonyl (C=O) groups excluding carboxylic acids is 1. The number of nitrogens with zero attached hydrogens (tertiary/aromatic N) is 3. The molecule has 0 spiro atoms. The van der Waals surface area contributed by atoms with Gasteiger partial charge in [0.1, 0.15) is 10.7 Å². The van der Waals surface area contributed by atoms with E-state index in [0.29, 0.717) is 31.8 Å². The SMILES string of the molecule is CCC(=O)NCc1nc2c(n1C)CN(S(=O)(=O)c1ccccc1Cl)CC2. The molecule has 26 heavy (non-hydrogen) atoms. The number of hydrogen-bond donors (Lipinski definition) is 1. The highest BCUT2D eigenvalue weighted by Gasteiger charge is 2.32. The monoisotopic (exact) mass is 396 g/mol. The van der Waals surface area contributed by atoms with Crippen molar-refractivity contribution in [1.29, 1.82) is 0 Å². The van der Waals surface area contributed by atoms with Gasteiger partial charge in [-0.15, -0.1) is 0 Å². The molecule has 9 heteroatoms. The number of fused-ring (bicyclic) bond motifs is 1. The number of aromatic nitrogens is 2. The van der Waals surface area contributed by atoms with E-state index in [1.807, 2.05) is 11.6 Å². The third kappa shape index (κ3) is 3.49. The van der Waals surface area contributed by atoms with E-state index in [-0.39, 0.29) is 22.4 Å². The van der Waals surface area contributed by atoms with Crippen LogP contribution in [0.2, 0.25) is 5.02 Å². The fraction of sp³-hybridized carbons (Fsp3) is 0.412. The number of amides is 1. The fourth-order valence-corrected chi connectivity index (χ4v) is 4.87. The normalized spacial score (nSPS) is 14.9. The largest absolute Gasteiger partial charge is 0.349 e. The van der Waals surface area contributed by atoms with Gasteiger partial charge in [0, 0.05) is 26.4 Å². The van der Waals surface area contributed by atoms with E-state index < -0.39 is 10.0 Å². The summed E-state index contributed by atoms with van der Waals surface area (Å²) in [4.78, 5) is 16.1. The molecule has 0 radical (unpaired) electrons. The first-order valence-electron chi connectivity index (χ1n) is 8.39. The first-order chi connectivity index (χ1) is 12.3. The Balaban J connectivity index is 1.85. The molecule has 1 aliphatic heterocycles. The molecule has 1 amide bonds. The summed E-state index contributed by atoms with van der Waals surface area (Å²) >= 11 is 6.08. The summed E-state index contributed by atoms with van der Waals surface area (Å²) in [6, 6.07) is 6.45. The van der Waals surface area contributed by atoms with Gasteiger partial charge < -0.3 is 9.88 Å². The highest BCUT2D eigenvalue weighted by molar-refractivity contribution is 7.89. The molecule has 0 unspecified atom stereocenters. The highest BCUT2D eigenvalue weighted by Crippen LogP contribution is 2.28. The molecule has 140 valence electrons. The molecule has 0 aliphatic carbocycles. The summed E-state index contributed by atoms with van der Waals surface area (Å²) < 4.78 is 29.2. The van der Waals surface area contributed by atoms with Gasteiger partial charge >= 0.3 is 0 Å². The van der Waals surface area contributed by atoms with Crippen molar-refractivity contribution < 1.29 is 13.2 Å². The Kier molecular flexibility index (Phi) is 5.36. The van der Waals surface area contributed by atoms with Gasteiger partial charge in [-0.05, 0) is 12.1 Å². The molecule has 1 aromatic heterocycles. The van der Waals surface area contributed by atoms with Crippen LogP contribution in [-0.4, -0.2) is 34.7 Å². The van der Waals surface area contributed by atoms with Gasteiger partial charge in [0.2, 0.25) is 15.9 Å². The maximum absolute atomic E-state index is 12.9. The third-order valence-electron chi connectivity index (χ3n) is 4.53. The van der Waals surface area contributed by atoms with Gasteiger partial charge in [-0.1, -0.05) is 30.7 Å². The number of halogens is 1. The quantitative estimate of drug-likeness (QED) is 0.835. The maximum atomic E-state index is 12.9. The van der Waals surface area contributed by atoms with E-state index in [4.69, 9.17) is 11.6 Å². The molecule has 1 aromatic carbocycles. The van der Waals surface area contributed by atoms with E-state index >= 15 is 0 Å². The van der Waals surface area contributed by atoms with E-state index in [2.05, 4.69) is 10.3 Å². The predicted octanol–water partition coefficient (Wildman–Crippen LogP) is 1.85. The molecule has 2 aromatic rings. The molecule has 3 rings (SSSR count). The zero-order valence-electron chi connectivity index (χ0n) is 14.7. The number of imidazole rings is 1. The molecule has 0 atom stereocenters. The minimum absolute atomic E-state index is 0.0473. The van der Waals surface area contributed by atoms with Crippen molar-refractivity contribution in [3.8, 4) is 0 Å². The Morgan fingerprint density at radius 2 is 2.08 bits per heavy atom. The van der Waals surface area contributed by atoms with Crippen LogP contribution in [0.3, 0.4) is 0 Å². The van der Waals surface area contributed by atoms with Crippen LogP contribution in [0.25, 0.3) is 0 Å². The first-order valence-corrected chi connectivity index (χ1v) is 10.2. The summed E-state index contributed by atoms with van der Waals surface area (Å²) in [5.41, 5.74) is 1.71. The molecule has 2 heterocycles. The summed E-state index contributed by atoms with van der Waals surface area (Å²) in [5.74, 6) is 0.669. The summed E-state index contributed by atoms with van der Waals surface area (Å²) in [6.45, 7) is 2.69. The van der Waals surface area contributed by atoms with Crippen LogP contribution in [0, 0.1) is 0 Å². The number of benzene rings is 1. The summed E-state index contributed by atoms with van der Waals surface area (Å²) in [6.07, 6.45) is 0.933. The molecule has 0 saturated heterocycles. The standard InChI is InChI=1S/C17H21ClN4O3S/c1-3-17(23)19-10-16-20-13-8-9-22(11-14(13)21(16)2)26(24,25)15-7-5-4-6-12(15)18/h4-7H,3,8-11H2,1-2H3,(H,19,23). The molecule has 1 N–H and O–H groups in total. The average Bonchev–Trinajstić information content (AvgIpc) is 2.95. The number of nitrogens with one attached hydrogen (secondary N) is 1. The lowest BCUT2D eigenvalue weighted by Crippen LogP contribution is -2.36. The van der Waals surface area contributed by atoms with Gasteiger partial charge in [0.25, 0.3) is 0 Å². The molecule has 7 nitrogen and oxygen atoms in total. The van der Waals surface area contributed by atoms with Crippen LogP contribution in [0.1, 0.15) is 30.6 Å². The second kappa shape index (κ2) is 7.38. The van der Waals surface area contributed by atoms with Crippen LogP contribution in [-0.2, 0) is 41.4 Å². The fourth-order valence-electron chi connectivity index (χ4n) is 2.98. The van der Waals surface area contributed by atoms with Crippen LogP contribution >= 0.6 is 11.6 Å². The molecule has 0 bridgehead atoms. The van der Waals surface area contributed by atoms with E-state index in [9.17, 15) is 13.2 Å². The Bertz CT molecular complexity index is 939. The minimum atomic E-state index is -3.68. The van der Waals surface area contributed by atoms with Crippen molar-refractivity contribution in [2.75, 3.05) is 6.54 Å². The molecule has 1 aliphatic rings. The number of sulfonamides is 1. The molecular formula is C17H21ClN4O3S. The average molecular weight is 397 g/mol. The third-order valence-corrected chi connectivity index (χ3v) is 6.88. The zero-order valence-corrected chi connectivity index (χ0v) is 16.3. The Morgan fingerprint density at radius 3 is 2.77 bits per heavy atom. The molecule has 0 saturated carbocycles. The number of carbonyl (C=O) groups is 1. The Labute approximate surface area is 158 Å². The van der Waals surface area contributed by atoms with Crippen molar-refractivity contribution in [3.63, 3.8) is 0 Å². The van der Waals surface area contributed by atoms with E-state index in [0.717, 1.165) is 11.4 Å². The van der Waals surface area contributed by atoms with Crippen LogP contribution < -0.4 is 5.32 Å². The van der Waals surface area contributed by atoms with Crippen LogP contribution in [0.15, 0.2) is 29.2 Å². The minimum Gasteiger partial charge on any atom is -0.349 e. The summed E-state index contributed by atoms with van der Waals surface area (Å²) in [7, 11) is -1.84. The van der Waals surface area contributed by atoms with Gasteiger partial charge in [0.05, 0.1) is 29.5 Å². The zero-order chi connectivity index (χ0) is 18.9.